The Labute approximate surface area is 108 Å². The summed E-state index contributed by atoms with van der Waals surface area (Å²) in [6.07, 6.45) is 2.84. The monoisotopic (exact) mass is 267 g/mol. The lowest BCUT2D eigenvalue weighted by molar-refractivity contribution is -0.402. The standard InChI is InChI=1S/C11H13N3O5/c15-11(13-5-7-18-8-6-13)12-4-3-9-1-2-10(19-9)14(16)17/h1-4H,5-8H2,(H,12,15)/b4-3-. The van der Waals surface area contributed by atoms with Crippen LogP contribution in [0.1, 0.15) is 5.76 Å². The van der Waals surface area contributed by atoms with E-state index < -0.39 is 4.92 Å². The van der Waals surface area contributed by atoms with E-state index in [1.807, 2.05) is 0 Å². The summed E-state index contributed by atoms with van der Waals surface area (Å²) in [6.45, 7) is 2.15. The molecule has 1 fully saturated rings. The first-order valence-electron chi connectivity index (χ1n) is 5.71. The zero-order valence-electron chi connectivity index (χ0n) is 10.1. The van der Waals surface area contributed by atoms with Crippen molar-refractivity contribution in [2.75, 3.05) is 26.3 Å². The lowest BCUT2D eigenvalue weighted by Crippen LogP contribution is -2.44. The third-order valence-corrected chi connectivity index (χ3v) is 2.55. The summed E-state index contributed by atoms with van der Waals surface area (Å²) >= 11 is 0. The van der Waals surface area contributed by atoms with E-state index in [-0.39, 0.29) is 11.9 Å². The van der Waals surface area contributed by atoms with Gasteiger partial charge in [0, 0.05) is 19.3 Å². The molecule has 1 saturated heterocycles. The number of carbonyl (C=O) groups excluding carboxylic acids is 1. The second-order valence-electron chi connectivity index (χ2n) is 3.82. The highest BCUT2D eigenvalue weighted by Gasteiger charge is 2.15. The molecule has 8 heteroatoms. The first-order chi connectivity index (χ1) is 9.16. The van der Waals surface area contributed by atoms with E-state index in [1.165, 1.54) is 24.4 Å². The average molecular weight is 267 g/mol. The Balaban J connectivity index is 1.84. The minimum Gasteiger partial charge on any atom is -0.401 e. The SMILES string of the molecule is O=C(N/C=C\c1ccc([N+](=O)[O-])o1)N1CCOCC1. The van der Waals surface area contributed by atoms with E-state index in [1.54, 1.807) is 4.90 Å². The van der Waals surface area contributed by atoms with Crippen molar-refractivity contribution in [2.24, 2.45) is 0 Å². The van der Waals surface area contributed by atoms with Crippen LogP contribution in [0, 0.1) is 10.1 Å². The van der Waals surface area contributed by atoms with Gasteiger partial charge in [-0.3, -0.25) is 10.1 Å². The van der Waals surface area contributed by atoms with E-state index in [2.05, 4.69) is 5.32 Å². The van der Waals surface area contributed by atoms with Crippen molar-refractivity contribution < 1.29 is 18.9 Å². The predicted molar refractivity (Wildman–Crippen MR) is 65.3 cm³/mol. The number of urea groups is 1. The maximum atomic E-state index is 11.7. The van der Waals surface area contributed by atoms with Gasteiger partial charge in [-0.15, -0.1) is 0 Å². The molecule has 0 radical (unpaired) electrons. The number of furan rings is 1. The normalized spacial score (nSPS) is 15.7. The van der Waals surface area contributed by atoms with E-state index in [0.717, 1.165) is 0 Å². The summed E-state index contributed by atoms with van der Waals surface area (Å²) in [5.74, 6) is -0.0341. The minimum atomic E-state index is -0.621. The maximum Gasteiger partial charge on any atom is 0.433 e. The topological polar surface area (TPSA) is 97.8 Å². The second-order valence-corrected chi connectivity index (χ2v) is 3.82. The molecule has 1 aromatic heterocycles. The molecule has 2 heterocycles. The maximum absolute atomic E-state index is 11.7. The molecule has 102 valence electrons. The Bertz CT molecular complexity index is 490. The molecule has 1 aliphatic heterocycles. The molecule has 8 nitrogen and oxygen atoms in total. The zero-order valence-corrected chi connectivity index (χ0v) is 10.1. The van der Waals surface area contributed by atoms with Crippen molar-refractivity contribution in [1.82, 2.24) is 10.2 Å². The first kappa shape index (κ1) is 13.1. The fourth-order valence-electron chi connectivity index (χ4n) is 1.58. The van der Waals surface area contributed by atoms with Gasteiger partial charge in [-0.1, -0.05) is 0 Å². The number of nitrogens with zero attached hydrogens (tertiary/aromatic N) is 2. The van der Waals surface area contributed by atoms with E-state index in [4.69, 9.17) is 9.15 Å². The number of carbonyl (C=O) groups is 1. The van der Waals surface area contributed by atoms with Crippen LogP contribution in [0.5, 0.6) is 0 Å². The van der Waals surface area contributed by atoms with Crippen molar-refractivity contribution in [2.45, 2.75) is 0 Å². The average Bonchev–Trinajstić information content (AvgIpc) is 2.89. The summed E-state index contributed by atoms with van der Waals surface area (Å²) in [5, 5.41) is 13.0. The van der Waals surface area contributed by atoms with Crippen LogP contribution in [0.4, 0.5) is 10.7 Å². The second kappa shape index (κ2) is 6.01. The Morgan fingerprint density at radius 1 is 1.42 bits per heavy atom. The third-order valence-electron chi connectivity index (χ3n) is 2.55. The summed E-state index contributed by atoms with van der Waals surface area (Å²) in [5.41, 5.74) is 0. The smallest absolute Gasteiger partial charge is 0.401 e. The molecule has 19 heavy (non-hydrogen) atoms. The molecule has 1 aromatic rings. The van der Waals surface area contributed by atoms with Crippen molar-refractivity contribution in [3.8, 4) is 0 Å². The highest BCUT2D eigenvalue weighted by atomic mass is 16.6. The van der Waals surface area contributed by atoms with Gasteiger partial charge in [0.15, 0.2) is 0 Å². The van der Waals surface area contributed by atoms with Crippen LogP contribution in [-0.2, 0) is 4.74 Å². The number of rotatable bonds is 3. The highest BCUT2D eigenvalue weighted by Crippen LogP contribution is 2.16. The Morgan fingerprint density at radius 2 is 2.16 bits per heavy atom. The summed E-state index contributed by atoms with van der Waals surface area (Å²) < 4.78 is 10.0. The molecule has 0 atom stereocenters. The number of nitrogens with one attached hydrogen (secondary N) is 1. The van der Waals surface area contributed by atoms with Crippen LogP contribution in [0.3, 0.4) is 0 Å². The molecular formula is C11H13N3O5. The van der Waals surface area contributed by atoms with Gasteiger partial charge in [-0.2, -0.15) is 0 Å². The lowest BCUT2D eigenvalue weighted by atomic mass is 10.4. The molecule has 0 spiro atoms. The third kappa shape index (κ3) is 3.55. The highest BCUT2D eigenvalue weighted by molar-refractivity contribution is 5.76. The van der Waals surface area contributed by atoms with Crippen molar-refractivity contribution in [1.29, 1.82) is 0 Å². The Morgan fingerprint density at radius 3 is 2.79 bits per heavy atom. The fraction of sp³-hybridized carbons (Fsp3) is 0.364. The molecule has 2 amide bonds. The molecule has 0 unspecified atom stereocenters. The number of amides is 2. The Kier molecular flexibility index (Phi) is 4.14. The number of ether oxygens (including phenoxy) is 1. The van der Waals surface area contributed by atoms with Gasteiger partial charge in [0.1, 0.15) is 10.7 Å². The summed E-state index contributed by atoms with van der Waals surface area (Å²) in [4.78, 5) is 23.1. The number of hydrogen-bond acceptors (Lipinski definition) is 5. The van der Waals surface area contributed by atoms with Crippen molar-refractivity contribution in [3.05, 3.63) is 34.2 Å². The van der Waals surface area contributed by atoms with Gasteiger partial charge < -0.3 is 19.4 Å². The van der Waals surface area contributed by atoms with Gasteiger partial charge in [0.25, 0.3) is 0 Å². The number of hydrogen-bond donors (Lipinski definition) is 1. The molecule has 0 aliphatic carbocycles. The van der Waals surface area contributed by atoms with Gasteiger partial charge >= 0.3 is 11.9 Å². The first-order valence-corrected chi connectivity index (χ1v) is 5.71. The van der Waals surface area contributed by atoms with Crippen LogP contribution < -0.4 is 5.32 Å². The summed E-state index contributed by atoms with van der Waals surface area (Å²) in [7, 11) is 0. The van der Waals surface area contributed by atoms with Gasteiger partial charge in [-0.05, 0) is 12.1 Å². The van der Waals surface area contributed by atoms with E-state index >= 15 is 0 Å². The van der Waals surface area contributed by atoms with Gasteiger partial charge in [0.05, 0.1) is 19.3 Å². The van der Waals surface area contributed by atoms with Gasteiger partial charge in [-0.25, -0.2) is 4.79 Å². The lowest BCUT2D eigenvalue weighted by Gasteiger charge is -2.26. The molecule has 1 N–H and O–H groups in total. The van der Waals surface area contributed by atoms with Crippen LogP contribution in [0.15, 0.2) is 22.7 Å². The molecule has 0 bridgehead atoms. The van der Waals surface area contributed by atoms with Crippen LogP contribution >= 0.6 is 0 Å². The molecule has 1 aliphatic rings. The molecule has 2 rings (SSSR count). The van der Waals surface area contributed by atoms with Crippen LogP contribution in [0.25, 0.3) is 6.08 Å². The summed E-state index contributed by atoms with van der Waals surface area (Å²) in [6, 6.07) is 2.47. The van der Waals surface area contributed by atoms with E-state index in [9.17, 15) is 14.9 Å². The Hall–Kier alpha value is -2.35. The molecule has 0 aromatic carbocycles. The zero-order chi connectivity index (χ0) is 13.7. The molecular weight excluding hydrogens is 254 g/mol. The number of morpholine rings is 1. The predicted octanol–water partition coefficient (Wildman–Crippen LogP) is 1.20. The van der Waals surface area contributed by atoms with Crippen LogP contribution in [0.2, 0.25) is 0 Å². The number of nitro groups is 1. The molecule has 0 saturated carbocycles. The quantitative estimate of drug-likeness (QED) is 0.655. The van der Waals surface area contributed by atoms with Crippen molar-refractivity contribution in [3.63, 3.8) is 0 Å². The minimum absolute atomic E-state index is 0.236. The van der Waals surface area contributed by atoms with Crippen molar-refractivity contribution >= 4 is 18.0 Å². The van der Waals surface area contributed by atoms with Crippen LogP contribution in [-0.4, -0.2) is 42.2 Å². The van der Waals surface area contributed by atoms with Gasteiger partial charge in [0.2, 0.25) is 0 Å². The largest absolute Gasteiger partial charge is 0.433 e. The van der Waals surface area contributed by atoms with E-state index in [0.29, 0.717) is 32.1 Å². The fourth-order valence-corrected chi connectivity index (χ4v) is 1.58.